The van der Waals surface area contributed by atoms with Gasteiger partial charge in [-0.05, 0) is 45.2 Å². The van der Waals surface area contributed by atoms with Gasteiger partial charge in [0.25, 0.3) is 0 Å². The van der Waals surface area contributed by atoms with E-state index in [1.807, 2.05) is 19.2 Å². The van der Waals surface area contributed by atoms with E-state index < -0.39 is 0 Å². The van der Waals surface area contributed by atoms with Gasteiger partial charge in [-0.3, -0.25) is 0 Å². The monoisotopic (exact) mass is 218 g/mol. The molecular weight excluding hydrogens is 200 g/mol. The highest BCUT2D eigenvalue weighted by Crippen LogP contribution is 2.27. The zero-order valence-electron chi connectivity index (χ0n) is 9.99. The number of aromatic hydroxyl groups is 1. The number of phenols is 1. The van der Waals surface area contributed by atoms with Crippen LogP contribution in [0.15, 0.2) is 24.3 Å². The summed E-state index contributed by atoms with van der Waals surface area (Å²) in [5.41, 5.74) is 2.43. The number of nitrogens with one attached hydrogen (secondary N) is 1. The van der Waals surface area contributed by atoms with Crippen molar-refractivity contribution in [3.63, 3.8) is 0 Å². The second-order valence-corrected chi connectivity index (χ2v) is 4.07. The standard InChI is InChI=1S/C13H18N2O/c1-4-15-12-6-5-11(16)7-10(12)8-13(15)9(2)14-3/h5-9,14,16H,4H2,1-3H3. The normalized spacial score (nSPS) is 13.2. The molecule has 86 valence electrons. The number of hydrogen-bond donors (Lipinski definition) is 2. The maximum atomic E-state index is 9.47. The summed E-state index contributed by atoms with van der Waals surface area (Å²) < 4.78 is 2.27. The Labute approximate surface area is 95.7 Å². The first-order valence-corrected chi connectivity index (χ1v) is 5.66. The first kappa shape index (κ1) is 11.0. The molecule has 0 aliphatic heterocycles. The summed E-state index contributed by atoms with van der Waals surface area (Å²) in [5.74, 6) is 0.324. The smallest absolute Gasteiger partial charge is 0.116 e. The van der Waals surface area contributed by atoms with E-state index in [1.54, 1.807) is 6.07 Å². The molecular formula is C13H18N2O. The molecule has 3 nitrogen and oxygen atoms in total. The minimum atomic E-state index is 0.314. The highest BCUT2D eigenvalue weighted by Gasteiger charge is 2.12. The second kappa shape index (κ2) is 4.18. The fourth-order valence-corrected chi connectivity index (χ4v) is 2.14. The lowest BCUT2D eigenvalue weighted by Gasteiger charge is -2.13. The Balaban J connectivity index is 2.65. The van der Waals surface area contributed by atoms with E-state index in [4.69, 9.17) is 0 Å². The molecule has 0 fully saturated rings. The van der Waals surface area contributed by atoms with Crippen LogP contribution in [0, 0.1) is 0 Å². The van der Waals surface area contributed by atoms with Crippen LogP contribution in [0.4, 0.5) is 0 Å². The molecule has 0 amide bonds. The van der Waals surface area contributed by atoms with Gasteiger partial charge in [0.05, 0.1) is 0 Å². The maximum Gasteiger partial charge on any atom is 0.116 e. The summed E-state index contributed by atoms with van der Waals surface area (Å²) in [7, 11) is 1.96. The molecule has 0 bridgehead atoms. The van der Waals surface area contributed by atoms with Gasteiger partial charge in [0, 0.05) is 29.2 Å². The van der Waals surface area contributed by atoms with Crippen LogP contribution in [0.2, 0.25) is 0 Å². The topological polar surface area (TPSA) is 37.2 Å². The van der Waals surface area contributed by atoms with Gasteiger partial charge in [0.15, 0.2) is 0 Å². The fourth-order valence-electron chi connectivity index (χ4n) is 2.14. The molecule has 3 heteroatoms. The minimum absolute atomic E-state index is 0.314. The van der Waals surface area contributed by atoms with E-state index in [-0.39, 0.29) is 0 Å². The first-order valence-electron chi connectivity index (χ1n) is 5.66. The number of fused-ring (bicyclic) bond motifs is 1. The van der Waals surface area contributed by atoms with Crippen LogP contribution >= 0.6 is 0 Å². The summed E-state index contributed by atoms with van der Waals surface area (Å²) in [4.78, 5) is 0. The molecule has 1 unspecified atom stereocenters. The predicted octanol–water partition coefficient (Wildman–Crippen LogP) is 2.65. The Morgan fingerprint density at radius 3 is 2.75 bits per heavy atom. The zero-order chi connectivity index (χ0) is 11.7. The second-order valence-electron chi connectivity index (χ2n) is 4.07. The van der Waals surface area contributed by atoms with Crippen molar-refractivity contribution in [3.05, 3.63) is 30.0 Å². The lowest BCUT2D eigenvalue weighted by molar-refractivity contribution is 0.476. The third-order valence-electron chi connectivity index (χ3n) is 3.11. The van der Waals surface area contributed by atoms with Crippen LogP contribution in [0.1, 0.15) is 25.6 Å². The number of hydrogen-bond acceptors (Lipinski definition) is 2. The first-order chi connectivity index (χ1) is 7.67. The van der Waals surface area contributed by atoms with Crippen molar-refractivity contribution in [2.24, 2.45) is 0 Å². The van der Waals surface area contributed by atoms with Crippen molar-refractivity contribution < 1.29 is 5.11 Å². The molecule has 0 aliphatic rings. The van der Waals surface area contributed by atoms with Crippen molar-refractivity contribution >= 4 is 10.9 Å². The Morgan fingerprint density at radius 1 is 1.38 bits per heavy atom. The average molecular weight is 218 g/mol. The number of nitrogens with zero attached hydrogens (tertiary/aromatic N) is 1. The van der Waals surface area contributed by atoms with Crippen molar-refractivity contribution in [1.29, 1.82) is 0 Å². The molecule has 1 aromatic carbocycles. The van der Waals surface area contributed by atoms with Gasteiger partial charge in [-0.15, -0.1) is 0 Å². The van der Waals surface area contributed by atoms with Gasteiger partial charge in [-0.25, -0.2) is 0 Å². The average Bonchev–Trinajstić information content (AvgIpc) is 2.65. The molecule has 0 spiro atoms. The summed E-state index contributed by atoms with van der Waals surface area (Å²) >= 11 is 0. The zero-order valence-corrected chi connectivity index (χ0v) is 9.99. The van der Waals surface area contributed by atoms with Crippen molar-refractivity contribution in [2.45, 2.75) is 26.4 Å². The van der Waals surface area contributed by atoms with Gasteiger partial charge < -0.3 is 15.0 Å². The van der Waals surface area contributed by atoms with E-state index in [0.29, 0.717) is 11.8 Å². The Morgan fingerprint density at radius 2 is 2.12 bits per heavy atom. The van der Waals surface area contributed by atoms with Crippen LogP contribution < -0.4 is 5.32 Å². The SMILES string of the molecule is CCn1c(C(C)NC)cc2cc(O)ccc21. The number of aryl methyl sites for hydroxylation is 1. The molecule has 0 aliphatic carbocycles. The van der Waals surface area contributed by atoms with Gasteiger partial charge in [-0.2, -0.15) is 0 Å². The summed E-state index contributed by atoms with van der Waals surface area (Å²) in [6.45, 7) is 5.22. The Kier molecular flexibility index (Phi) is 2.88. The molecule has 2 rings (SSSR count). The van der Waals surface area contributed by atoms with E-state index in [1.165, 1.54) is 11.2 Å². The molecule has 0 saturated heterocycles. The number of rotatable bonds is 3. The molecule has 2 aromatic rings. The molecule has 16 heavy (non-hydrogen) atoms. The fraction of sp³-hybridized carbons (Fsp3) is 0.385. The van der Waals surface area contributed by atoms with Gasteiger partial charge in [0.2, 0.25) is 0 Å². The summed E-state index contributed by atoms with van der Waals surface area (Å²) in [5, 5.41) is 13.8. The minimum Gasteiger partial charge on any atom is -0.508 e. The predicted molar refractivity (Wildman–Crippen MR) is 66.8 cm³/mol. The maximum absolute atomic E-state index is 9.47. The molecule has 1 aromatic heterocycles. The van der Waals surface area contributed by atoms with Crippen molar-refractivity contribution in [1.82, 2.24) is 9.88 Å². The molecule has 1 atom stereocenters. The molecule has 1 heterocycles. The van der Waals surface area contributed by atoms with E-state index >= 15 is 0 Å². The van der Waals surface area contributed by atoms with Crippen LogP contribution in [-0.4, -0.2) is 16.7 Å². The highest BCUT2D eigenvalue weighted by molar-refractivity contribution is 5.83. The van der Waals surface area contributed by atoms with Crippen LogP contribution in [-0.2, 0) is 6.54 Å². The summed E-state index contributed by atoms with van der Waals surface area (Å²) in [6, 6.07) is 7.98. The lowest BCUT2D eigenvalue weighted by atomic mass is 10.2. The Bertz CT molecular complexity index is 502. The van der Waals surface area contributed by atoms with Crippen LogP contribution in [0.3, 0.4) is 0 Å². The lowest BCUT2D eigenvalue weighted by Crippen LogP contribution is -2.16. The summed E-state index contributed by atoms with van der Waals surface area (Å²) in [6.07, 6.45) is 0. The third kappa shape index (κ3) is 1.67. The molecule has 0 saturated carbocycles. The van der Waals surface area contributed by atoms with Crippen LogP contribution in [0.25, 0.3) is 10.9 Å². The van der Waals surface area contributed by atoms with E-state index in [0.717, 1.165) is 11.9 Å². The van der Waals surface area contributed by atoms with E-state index in [9.17, 15) is 5.11 Å². The van der Waals surface area contributed by atoms with Crippen molar-refractivity contribution in [3.8, 4) is 5.75 Å². The van der Waals surface area contributed by atoms with E-state index in [2.05, 4.69) is 29.8 Å². The largest absolute Gasteiger partial charge is 0.508 e. The van der Waals surface area contributed by atoms with Gasteiger partial charge in [-0.1, -0.05) is 0 Å². The van der Waals surface area contributed by atoms with Crippen molar-refractivity contribution in [2.75, 3.05) is 7.05 Å². The van der Waals surface area contributed by atoms with Gasteiger partial charge in [0.1, 0.15) is 5.75 Å². The number of benzene rings is 1. The Hall–Kier alpha value is -1.48. The number of phenolic OH excluding ortho intramolecular Hbond substituents is 1. The molecule has 2 N–H and O–H groups in total. The molecule has 0 radical (unpaired) electrons. The number of aromatic nitrogens is 1. The third-order valence-corrected chi connectivity index (χ3v) is 3.11. The highest BCUT2D eigenvalue weighted by atomic mass is 16.3. The quantitative estimate of drug-likeness (QED) is 0.831. The van der Waals surface area contributed by atoms with Crippen LogP contribution in [0.5, 0.6) is 5.75 Å². The van der Waals surface area contributed by atoms with Gasteiger partial charge >= 0.3 is 0 Å².